The van der Waals surface area contributed by atoms with Gasteiger partial charge in [0.05, 0.1) is 5.69 Å². The molecule has 1 saturated carbocycles. The second-order valence-electron chi connectivity index (χ2n) is 4.48. The average Bonchev–Trinajstić information content (AvgIpc) is 2.29. The molecule has 1 aromatic rings. The van der Waals surface area contributed by atoms with E-state index in [1.807, 2.05) is 0 Å². The Bertz CT molecular complexity index is 423. The Morgan fingerprint density at radius 3 is 2.47 bits per heavy atom. The van der Waals surface area contributed by atoms with E-state index in [9.17, 15) is 13.6 Å². The standard InChI is InChI=1S/C13H15F2NO/c1-16(10-3-5-11(17)6-4-10)13-7-2-9(14)8-12(13)15/h2,7-8,10H,3-6H2,1H3. The lowest BCUT2D eigenvalue weighted by Gasteiger charge is -2.32. The molecule has 0 N–H and O–H groups in total. The van der Waals surface area contributed by atoms with Gasteiger partial charge in [0.25, 0.3) is 0 Å². The SMILES string of the molecule is CN(c1ccc(F)cc1F)C1CCC(=O)CC1. The Labute approximate surface area is 99.2 Å². The molecule has 0 amide bonds. The zero-order valence-corrected chi connectivity index (χ0v) is 9.75. The molecule has 0 aliphatic heterocycles. The fourth-order valence-electron chi connectivity index (χ4n) is 2.28. The van der Waals surface area contributed by atoms with Crippen LogP contribution in [0.5, 0.6) is 0 Å². The molecule has 4 heteroatoms. The average molecular weight is 239 g/mol. The van der Waals surface area contributed by atoms with Crippen molar-refractivity contribution < 1.29 is 13.6 Å². The van der Waals surface area contributed by atoms with Crippen LogP contribution >= 0.6 is 0 Å². The minimum atomic E-state index is -0.571. The monoisotopic (exact) mass is 239 g/mol. The van der Waals surface area contributed by atoms with Crippen molar-refractivity contribution in [2.75, 3.05) is 11.9 Å². The molecular formula is C13H15F2NO. The van der Waals surface area contributed by atoms with Crippen LogP contribution < -0.4 is 4.90 Å². The number of benzene rings is 1. The normalized spacial score (nSPS) is 17.2. The number of halogens is 2. The summed E-state index contributed by atoms with van der Waals surface area (Å²) in [6.07, 6.45) is 2.59. The smallest absolute Gasteiger partial charge is 0.149 e. The van der Waals surface area contributed by atoms with Crippen LogP contribution in [-0.2, 0) is 4.79 Å². The van der Waals surface area contributed by atoms with Crippen LogP contribution in [0.4, 0.5) is 14.5 Å². The molecule has 1 aliphatic rings. The molecule has 1 fully saturated rings. The summed E-state index contributed by atoms with van der Waals surface area (Å²) in [4.78, 5) is 12.9. The second-order valence-corrected chi connectivity index (χ2v) is 4.48. The third-order valence-corrected chi connectivity index (χ3v) is 3.35. The Morgan fingerprint density at radius 2 is 1.88 bits per heavy atom. The van der Waals surface area contributed by atoms with E-state index in [0.29, 0.717) is 18.5 Å². The molecule has 0 saturated heterocycles. The maximum absolute atomic E-state index is 13.6. The summed E-state index contributed by atoms with van der Waals surface area (Å²) in [7, 11) is 1.79. The van der Waals surface area contributed by atoms with E-state index >= 15 is 0 Å². The summed E-state index contributed by atoms with van der Waals surface area (Å²) >= 11 is 0. The third kappa shape index (κ3) is 2.62. The molecule has 0 unspecified atom stereocenters. The fraction of sp³-hybridized carbons (Fsp3) is 0.462. The van der Waals surface area contributed by atoms with Crippen molar-refractivity contribution >= 4 is 11.5 Å². The van der Waals surface area contributed by atoms with Crippen molar-refractivity contribution in [3.05, 3.63) is 29.8 Å². The summed E-state index contributed by atoms with van der Waals surface area (Å²) < 4.78 is 26.4. The van der Waals surface area contributed by atoms with E-state index in [1.54, 1.807) is 11.9 Å². The van der Waals surface area contributed by atoms with Gasteiger partial charge in [-0.25, -0.2) is 8.78 Å². The van der Waals surface area contributed by atoms with Crippen LogP contribution in [0.2, 0.25) is 0 Å². The van der Waals surface area contributed by atoms with E-state index < -0.39 is 11.6 Å². The maximum atomic E-state index is 13.6. The first kappa shape index (κ1) is 12.0. The molecule has 0 bridgehead atoms. The molecule has 0 atom stereocenters. The Hall–Kier alpha value is -1.45. The Kier molecular flexibility index (Phi) is 3.41. The molecule has 1 aliphatic carbocycles. The molecule has 92 valence electrons. The first-order valence-electron chi connectivity index (χ1n) is 5.77. The Morgan fingerprint density at radius 1 is 1.24 bits per heavy atom. The van der Waals surface area contributed by atoms with Gasteiger partial charge in [0.2, 0.25) is 0 Å². The first-order chi connectivity index (χ1) is 8.08. The maximum Gasteiger partial charge on any atom is 0.149 e. The van der Waals surface area contributed by atoms with Crippen LogP contribution in [-0.4, -0.2) is 18.9 Å². The van der Waals surface area contributed by atoms with E-state index in [4.69, 9.17) is 0 Å². The lowest BCUT2D eigenvalue weighted by molar-refractivity contribution is -0.120. The minimum absolute atomic E-state index is 0.160. The summed E-state index contributed by atoms with van der Waals surface area (Å²) in [6.45, 7) is 0. The van der Waals surface area contributed by atoms with Crippen LogP contribution in [0.25, 0.3) is 0 Å². The van der Waals surface area contributed by atoms with Crippen molar-refractivity contribution in [3.63, 3.8) is 0 Å². The number of ketones is 1. The van der Waals surface area contributed by atoms with Gasteiger partial charge >= 0.3 is 0 Å². The Balaban J connectivity index is 2.13. The second kappa shape index (κ2) is 4.82. The zero-order chi connectivity index (χ0) is 12.4. The molecule has 0 spiro atoms. The molecule has 2 nitrogen and oxygen atoms in total. The van der Waals surface area contributed by atoms with Gasteiger partial charge in [-0.3, -0.25) is 4.79 Å². The number of Topliss-reactive ketones (excluding diaryl/α,β-unsaturated/α-hetero) is 1. The van der Waals surface area contributed by atoms with E-state index in [1.165, 1.54) is 12.1 Å². The quantitative estimate of drug-likeness (QED) is 0.791. The van der Waals surface area contributed by atoms with E-state index in [2.05, 4.69) is 0 Å². The molecule has 2 rings (SSSR count). The summed E-state index contributed by atoms with van der Waals surface area (Å²) in [5, 5.41) is 0. The third-order valence-electron chi connectivity index (χ3n) is 3.35. The molecule has 1 aromatic carbocycles. The highest BCUT2D eigenvalue weighted by atomic mass is 19.1. The highest BCUT2D eigenvalue weighted by molar-refractivity contribution is 5.79. The molecular weight excluding hydrogens is 224 g/mol. The summed E-state index contributed by atoms with van der Waals surface area (Å²) in [5.74, 6) is -0.850. The lowest BCUT2D eigenvalue weighted by Crippen LogP contribution is -2.35. The summed E-state index contributed by atoms with van der Waals surface area (Å²) in [6, 6.07) is 3.75. The topological polar surface area (TPSA) is 20.3 Å². The van der Waals surface area contributed by atoms with Gasteiger partial charge in [-0.1, -0.05) is 0 Å². The largest absolute Gasteiger partial charge is 0.369 e. The fourth-order valence-corrected chi connectivity index (χ4v) is 2.28. The highest BCUT2D eigenvalue weighted by Crippen LogP contribution is 2.26. The van der Waals surface area contributed by atoms with Crippen LogP contribution in [0.15, 0.2) is 18.2 Å². The van der Waals surface area contributed by atoms with Crippen LogP contribution in [0.1, 0.15) is 25.7 Å². The highest BCUT2D eigenvalue weighted by Gasteiger charge is 2.23. The lowest BCUT2D eigenvalue weighted by atomic mass is 9.93. The van der Waals surface area contributed by atoms with Gasteiger partial charge in [0.15, 0.2) is 0 Å². The van der Waals surface area contributed by atoms with E-state index in [-0.39, 0.29) is 11.8 Å². The molecule has 0 radical (unpaired) electrons. The van der Waals surface area contributed by atoms with Gasteiger partial charge in [0, 0.05) is 32.0 Å². The van der Waals surface area contributed by atoms with Crippen LogP contribution in [0, 0.1) is 11.6 Å². The van der Waals surface area contributed by atoms with Crippen molar-refractivity contribution in [1.82, 2.24) is 0 Å². The number of hydrogen-bond acceptors (Lipinski definition) is 2. The zero-order valence-electron chi connectivity index (χ0n) is 9.75. The van der Waals surface area contributed by atoms with Gasteiger partial charge in [0.1, 0.15) is 17.4 Å². The van der Waals surface area contributed by atoms with Gasteiger partial charge < -0.3 is 4.90 Å². The van der Waals surface area contributed by atoms with Crippen molar-refractivity contribution in [2.24, 2.45) is 0 Å². The summed E-state index contributed by atoms with van der Waals surface area (Å²) in [5.41, 5.74) is 0.394. The first-order valence-corrected chi connectivity index (χ1v) is 5.77. The predicted molar refractivity (Wildman–Crippen MR) is 62.0 cm³/mol. The van der Waals surface area contributed by atoms with Crippen LogP contribution in [0.3, 0.4) is 0 Å². The molecule has 17 heavy (non-hydrogen) atoms. The predicted octanol–water partition coefficient (Wildman–Crippen LogP) is 2.91. The molecule has 0 heterocycles. The number of carbonyl (C=O) groups is 1. The van der Waals surface area contributed by atoms with Crippen molar-refractivity contribution in [3.8, 4) is 0 Å². The van der Waals surface area contributed by atoms with Gasteiger partial charge in [-0.2, -0.15) is 0 Å². The van der Waals surface area contributed by atoms with Crippen molar-refractivity contribution in [1.29, 1.82) is 0 Å². The van der Waals surface area contributed by atoms with Gasteiger partial charge in [-0.15, -0.1) is 0 Å². The number of rotatable bonds is 2. The van der Waals surface area contributed by atoms with E-state index in [0.717, 1.165) is 18.9 Å². The molecule has 0 aromatic heterocycles. The number of carbonyl (C=O) groups excluding carboxylic acids is 1. The number of anilines is 1. The van der Waals surface area contributed by atoms with Gasteiger partial charge in [-0.05, 0) is 25.0 Å². The number of hydrogen-bond donors (Lipinski definition) is 0. The minimum Gasteiger partial charge on any atom is -0.369 e. The van der Waals surface area contributed by atoms with Crippen molar-refractivity contribution in [2.45, 2.75) is 31.7 Å². The number of nitrogens with zero attached hydrogens (tertiary/aromatic N) is 1.